The molecular formula is C10H10ClFN2O3. The summed E-state index contributed by atoms with van der Waals surface area (Å²) < 4.78 is 13.1. The molecule has 7 heteroatoms. The summed E-state index contributed by atoms with van der Waals surface area (Å²) in [5, 5.41) is 18.5. The maximum absolute atomic E-state index is 13.1. The Morgan fingerprint density at radius 2 is 2.35 bits per heavy atom. The molecule has 0 spiro atoms. The molecule has 1 unspecified atom stereocenters. The number of nitrogens with zero attached hydrogens (tertiary/aromatic N) is 2. The fourth-order valence-corrected chi connectivity index (χ4v) is 2.22. The molecule has 2 atom stereocenters. The van der Waals surface area contributed by atoms with Crippen LogP contribution >= 0.6 is 11.6 Å². The van der Waals surface area contributed by atoms with Gasteiger partial charge in [0.05, 0.1) is 24.9 Å². The van der Waals surface area contributed by atoms with Crippen LogP contribution < -0.4 is 0 Å². The molecule has 2 rings (SSSR count). The van der Waals surface area contributed by atoms with E-state index in [2.05, 4.69) is 4.98 Å². The van der Waals surface area contributed by atoms with Crippen molar-refractivity contribution in [2.24, 2.45) is 0 Å². The molecule has 0 aromatic carbocycles. The lowest BCUT2D eigenvalue weighted by molar-refractivity contribution is 0.131. The van der Waals surface area contributed by atoms with E-state index in [1.165, 1.54) is 0 Å². The van der Waals surface area contributed by atoms with E-state index in [1.807, 2.05) is 0 Å². The number of carbonyl (C=O) groups is 1. The molecule has 1 aromatic rings. The summed E-state index contributed by atoms with van der Waals surface area (Å²) in [6.45, 7) is -0.00710. The van der Waals surface area contributed by atoms with Gasteiger partial charge in [-0.1, -0.05) is 11.6 Å². The Labute approximate surface area is 101 Å². The standard InChI is InChI=1S/C10H10ClFN2O3/c11-9-7(1-5(12)3-13-9)8-2-6(15)4-14(8)10(16)17/h1,3,6,8,15H,2,4H2,(H,16,17)/t6?,8-/m1/s1. The van der Waals surface area contributed by atoms with Crippen molar-refractivity contribution in [3.05, 3.63) is 28.8 Å². The Morgan fingerprint density at radius 3 is 3.00 bits per heavy atom. The molecule has 1 aliphatic rings. The van der Waals surface area contributed by atoms with Crippen molar-refractivity contribution in [2.45, 2.75) is 18.6 Å². The Balaban J connectivity index is 2.37. The van der Waals surface area contributed by atoms with Crippen LogP contribution in [0.3, 0.4) is 0 Å². The number of rotatable bonds is 1. The first-order valence-corrected chi connectivity index (χ1v) is 5.35. The smallest absolute Gasteiger partial charge is 0.407 e. The highest BCUT2D eigenvalue weighted by molar-refractivity contribution is 6.30. The molecule has 1 fully saturated rings. The third-order valence-electron chi connectivity index (χ3n) is 2.72. The van der Waals surface area contributed by atoms with Crippen LogP contribution in [0, 0.1) is 5.82 Å². The molecule has 1 aromatic heterocycles. The highest BCUT2D eigenvalue weighted by Gasteiger charge is 2.36. The number of aliphatic hydroxyl groups is 1. The van der Waals surface area contributed by atoms with Crippen molar-refractivity contribution < 1.29 is 19.4 Å². The van der Waals surface area contributed by atoms with Gasteiger partial charge in [-0.3, -0.25) is 4.90 Å². The number of halogens is 2. The summed E-state index contributed by atoms with van der Waals surface area (Å²) in [4.78, 5) is 15.7. The number of hydrogen-bond donors (Lipinski definition) is 2. The van der Waals surface area contributed by atoms with E-state index in [-0.39, 0.29) is 23.7 Å². The lowest BCUT2D eigenvalue weighted by atomic mass is 10.1. The third-order valence-corrected chi connectivity index (χ3v) is 3.03. The molecule has 0 aliphatic carbocycles. The molecule has 0 bridgehead atoms. The van der Waals surface area contributed by atoms with Crippen LogP contribution in [0.1, 0.15) is 18.0 Å². The maximum Gasteiger partial charge on any atom is 0.407 e. The van der Waals surface area contributed by atoms with Gasteiger partial charge in [-0.25, -0.2) is 14.2 Å². The first kappa shape index (κ1) is 12.1. The predicted octanol–water partition coefficient (Wildman–Crippen LogP) is 1.66. The first-order valence-electron chi connectivity index (χ1n) is 4.97. The van der Waals surface area contributed by atoms with Gasteiger partial charge in [0.25, 0.3) is 0 Å². The minimum absolute atomic E-state index is 0.00710. The van der Waals surface area contributed by atoms with Crippen LogP contribution in [0.5, 0.6) is 0 Å². The number of aliphatic hydroxyl groups excluding tert-OH is 1. The number of hydrogen-bond acceptors (Lipinski definition) is 3. The molecule has 0 radical (unpaired) electrons. The van der Waals surface area contributed by atoms with E-state index in [1.54, 1.807) is 0 Å². The van der Waals surface area contributed by atoms with Crippen LogP contribution in [-0.2, 0) is 0 Å². The van der Waals surface area contributed by atoms with Crippen LogP contribution in [0.25, 0.3) is 0 Å². The molecule has 1 aliphatic heterocycles. The highest BCUT2D eigenvalue weighted by Crippen LogP contribution is 2.35. The van der Waals surface area contributed by atoms with Crippen LogP contribution in [0.4, 0.5) is 9.18 Å². The van der Waals surface area contributed by atoms with Gasteiger partial charge in [0.1, 0.15) is 11.0 Å². The number of β-amino-alcohol motifs (C(OH)–C–C–N with tert-alkyl or cyclic N) is 1. The fraction of sp³-hybridized carbons (Fsp3) is 0.400. The second-order valence-electron chi connectivity index (χ2n) is 3.87. The van der Waals surface area contributed by atoms with Gasteiger partial charge in [0, 0.05) is 5.56 Å². The third kappa shape index (κ3) is 2.32. The summed E-state index contributed by atoms with van der Waals surface area (Å²) in [6, 6.07) is 0.492. The summed E-state index contributed by atoms with van der Waals surface area (Å²) in [7, 11) is 0. The molecule has 2 N–H and O–H groups in total. The first-order chi connectivity index (χ1) is 7.99. The largest absolute Gasteiger partial charge is 0.465 e. The van der Waals surface area contributed by atoms with E-state index in [4.69, 9.17) is 16.7 Å². The molecule has 17 heavy (non-hydrogen) atoms. The van der Waals surface area contributed by atoms with Gasteiger partial charge in [0.2, 0.25) is 0 Å². The van der Waals surface area contributed by atoms with E-state index in [0.717, 1.165) is 17.2 Å². The molecule has 5 nitrogen and oxygen atoms in total. The number of carboxylic acid groups (broad SMARTS) is 1. The lowest BCUT2D eigenvalue weighted by Gasteiger charge is -2.21. The van der Waals surface area contributed by atoms with Gasteiger partial charge < -0.3 is 10.2 Å². The van der Waals surface area contributed by atoms with Gasteiger partial charge in [-0.2, -0.15) is 0 Å². The molecule has 1 saturated heterocycles. The van der Waals surface area contributed by atoms with Gasteiger partial charge in [0.15, 0.2) is 0 Å². The fourth-order valence-electron chi connectivity index (χ4n) is 1.99. The quantitative estimate of drug-likeness (QED) is 0.753. The van der Waals surface area contributed by atoms with Crippen LogP contribution in [0.2, 0.25) is 5.15 Å². The molecule has 0 saturated carbocycles. The van der Waals surface area contributed by atoms with Crippen molar-refractivity contribution in [3.63, 3.8) is 0 Å². The van der Waals surface area contributed by atoms with E-state index in [9.17, 15) is 14.3 Å². The Kier molecular flexibility index (Phi) is 3.17. The lowest BCUT2D eigenvalue weighted by Crippen LogP contribution is -2.30. The van der Waals surface area contributed by atoms with Crippen LogP contribution in [-0.4, -0.2) is 38.8 Å². The molecule has 2 heterocycles. The summed E-state index contributed by atoms with van der Waals surface area (Å²) >= 11 is 5.81. The van der Waals surface area contributed by atoms with E-state index >= 15 is 0 Å². The van der Waals surface area contributed by atoms with Gasteiger partial charge >= 0.3 is 6.09 Å². The maximum atomic E-state index is 13.1. The average Bonchev–Trinajstić information content (AvgIpc) is 2.64. The minimum atomic E-state index is -1.17. The zero-order valence-electron chi connectivity index (χ0n) is 8.68. The second kappa shape index (κ2) is 4.46. The molecule has 1 amide bonds. The minimum Gasteiger partial charge on any atom is -0.465 e. The van der Waals surface area contributed by atoms with Gasteiger partial charge in [-0.15, -0.1) is 0 Å². The predicted molar refractivity (Wildman–Crippen MR) is 57.3 cm³/mol. The van der Waals surface area contributed by atoms with Crippen molar-refractivity contribution in [3.8, 4) is 0 Å². The SMILES string of the molecule is O=C(O)N1CC(O)C[C@@H]1c1cc(F)cnc1Cl. The Bertz CT molecular complexity index is 457. The number of amides is 1. The average molecular weight is 261 g/mol. The van der Waals surface area contributed by atoms with E-state index < -0.39 is 24.1 Å². The number of aromatic nitrogens is 1. The molecular weight excluding hydrogens is 251 g/mol. The van der Waals surface area contributed by atoms with Gasteiger partial charge in [-0.05, 0) is 12.5 Å². The Morgan fingerprint density at radius 1 is 1.65 bits per heavy atom. The second-order valence-corrected chi connectivity index (χ2v) is 4.23. The Hall–Kier alpha value is -1.40. The zero-order chi connectivity index (χ0) is 12.6. The summed E-state index contributed by atoms with van der Waals surface area (Å²) in [5.41, 5.74) is 0.283. The van der Waals surface area contributed by atoms with Crippen molar-refractivity contribution in [1.29, 1.82) is 0 Å². The van der Waals surface area contributed by atoms with Crippen molar-refractivity contribution in [2.75, 3.05) is 6.54 Å². The molecule has 92 valence electrons. The topological polar surface area (TPSA) is 73.7 Å². The number of likely N-dealkylation sites (tertiary alicyclic amines) is 1. The summed E-state index contributed by atoms with van der Waals surface area (Å²) in [6.07, 6.45) is -0.790. The summed E-state index contributed by atoms with van der Waals surface area (Å²) in [5.74, 6) is -0.587. The van der Waals surface area contributed by atoms with Crippen LogP contribution in [0.15, 0.2) is 12.3 Å². The normalized spacial score (nSPS) is 24.1. The number of pyridine rings is 1. The zero-order valence-corrected chi connectivity index (χ0v) is 9.43. The van der Waals surface area contributed by atoms with E-state index in [0.29, 0.717) is 0 Å². The van der Waals surface area contributed by atoms with Crippen molar-refractivity contribution in [1.82, 2.24) is 9.88 Å². The highest BCUT2D eigenvalue weighted by atomic mass is 35.5. The van der Waals surface area contributed by atoms with Crippen molar-refractivity contribution >= 4 is 17.7 Å². The monoisotopic (exact) mass is 260 g/mol.